The minimum absolute atomic E-state index is 0.126. The van der Waals surface area contributed by atoms with Crippen LogP contribution in [-0.2, 0) is 16.8 Å². The largest absolute Gasteiger partial charge is 0.485 e. The smallest absolute Gasteiger partial charge is 0.255 e. The lowest BCUT2D eigenvalue weighted by Crippen LogP contribution is -2.44. The van der Waals surface area contributed by atoms with E-state index in [0.717, 1.165) is 17.3 Å². The summed E-state index contributed by atoms with van der Waals surface area (Å²) in [6.45, 7) is 3.71. The van der Waals surface area contributed by atoms with E-state index in [4.69, 9.17) is 14.0 Å². The summed E-state index contributed by atoms with van der Waals surface area (Å²) in [6.07, 6.45) is 1.69. The molecule has 0 bridgehead atoms. The van der Waals surface area contributed by atoms with E-state index in [-0.39, 0.29) is 17.9 Å². The van der Waals surface area contributed by atoms with Crippen molar-refractivity contribution in [3.8, 4) is 5.75 Å². The first-order valence-electron chi connectivity index (χ1n) is 10.2. The Bertz CT molecular complexity index is 1050. The molecule has 1 aliphatic heterocycles. The summed E-state index contributed by atoms with van der Waals surface area (Å²) in [6, 6.07) is 15.4. The Morgan fingerprint density at radius 1 is 1.19 bits per heavy atom. The van der Waals surface area contributed by atoms with E-state index in [1.807, 2.05) is 24.3 Å². The zero-order valence-corrected chi connectivity index (χ0v) is 18.9. The van der Waals surface area contributed by atoms with Crippen LogP contribution in [0.25, 0.3) is 0 Å². The number of carbonyl (C=O) groups excluding carboxylic acids is 1. The maximum atomic E-state index is 13.1. The van der Waals surface area contributed by atoms with Gasteiger partial charge in [0, 0.05) is 36.6 Å². The number of halogens is 1. The Kier molecular flexibility index (Phi) is 6.67. The number of aryl methyl sites for hydroxylation is 1. The monoisotopic (exact) mass is 485 g/mol. The predicted molar refractivity (Wildman–Crippen MR) is 118 cm³/mol. The molecule has 2 heterocycles. The van der Waals surface area contributed by atoms with Crippen LogP contribution in [0.3, 0.4) is 0 Å². The Morgan fingerprint density at radius 3 is 2.74 bits per heavy atom. The molecule has 1 fully saturated rings. The maximum Gasteiger partial charge on any atom is 0.255 e. The minimum atomic E-state index is -0.180. The van der Waals surface area contributed by atoms with E-state index in [2.05, 4.69) is 43.5 Å². The van der Waals surface area contributed by atoms with Gasteiger partial charge >= 0.3 is 0 Å². The number of hydrogen-bond acceptors (Lipinski definition) is 6. The van der Waals surface area contributed by atoms with Crippen LogP contribution in [0.2, 0.25) is 0 Å². The van der Waals surface area contributed by atoms with Gasteiger partial charge < -0.3 is 19.3 Å². The Labute approximate surface area is 189 Å². The number of nitrogens with one attached hydrogen (secondary N) is 1. The number of amides is 1. The number of rotatable bonds is 7. The van der Waals surface area contributed by atoms with Gasteiger partial charge in [0.05, 0.1) is 5.56 Å². The first kappa shape index (κ1) is 21.5. The third kappa shape index (κ3) is 5.14. The van der Waals surface area contributed by atoms with Crippen LogP contribution in [0.5, 0.6) is 5.75 Å². The summed E-state index contributed by atoms with van der Waals surface area (Å²) in [5, 5.41) is 6.96. The molecule has 1 N–H and O–H groups in total. The summed E-state index contributed by atoms with van der Waals surface area (Å²) in [5.41, 5.74) is 1.50. The van der Waals surface area contributed by atoms with Crippen LogP contribution in [0.1, 0.15) is 40.5 Å². The molecule has 0 spiro atoms. The number of hydrogen-bond donors (Lipinski definition) is 1. The van der Waals surface area contributed by atoms with Gasteiger partial charge in [-0.3, -0.25) is 4.79 Å². The second-order valence-electron chi connectivity index (χ2n) is 7.60. The van der Waals surface area contributed by atoms with Crippen molar-refractivity contribution in [2.24, 2.45) is 0 Å². The number of carbonyl (C=O) groups is 1. The van der Waals surface area contributed by atoms with Crippen molar-refractivity contribution < 1.29 is 18.8 Å². The first-order chi connectivity index (χ1) is 15.1. The highest BCUT2D eigenvalue weighted by Gasteiger charge is 2.35. The number of benzene rings is 2. The number of ether oxygens (including phenoxy) is 2. The summed E-state index contributed by atoms with van der Waals surface area (Å²) in [4.78, 5) is 17.2. The van der Waals surface area contributed by atoms with Crippen LogP contribution in [0.15, 0.2) is 57.5 Å². The van der Waals surface area contributed by atoms with Crippen molar-refractivity contribution in [3.63, 3.8) is 0 Å². The fraction of sp³-hybridized carbons (Fsp3) is 0.348. The highest BCUT2D eigenvalue weighted by atomic mass is 79.9. The summed E-state index contributed by atoms with van der Waals surface area (Å²) in [5.74, 6) is 1.20. The van der Waals surface area contributed by atoms with E-state index in [9.17, 15) is 4.79 Å². The van der Waals surface area contributed by atoms with Crippen molar-refractivity contribution in [3.05, 3.63) is 75.8 Å². The molecule has 0 aliphatic carbocycles. The number of aromatic nitrogens is 2. The molecule has 31 heavy (non-hydrogen) atoms. The third-order valence-electron chi connectivity index (χ3n) is 5.53. The van der Waals surface area contributed by atoms with Crippen molar-refractivity contribution in [1.82, 2.24) is 15.5 Å². The summed E-state index contributed by atoms with van der Waals surface area (Å²) in [7, 11) is 0. The van der Waals surface area contributed by atoms with E-state index in [1.54, 1.807) is 19.1 Å². The van der Waals surface area contributed by atoms with Crippen LogP contribution in [0.4, 0.5) is 0 Å². The second kappa shape index (κ2) is 9.62. The third-order valence-corrected chi connectivity index (χ3v) is 6.03. The average Bonchev–Trinajstić information content (AvgIpc) is 3.22. The van der Waals surface area contributed by atoms with Gasteiger partial charge in [-0.15, -0.1) is 0 Å². The van der Waals surface area contributed by atoms with Gasteiger partial charge in [-0.05, 0) is 42.7 Å². The van der Waals surface area contributed by atoms with Crippen LogP contribution in [-0.4, -0.2) is 35.8 Å². The highest BCUT2D eigenvalue weighted by molar-refractivity contribution is 9.10. The van der Waals surface area contributed by atoms with E-state index in [0.29, 0.717) is 42.8 Å². The molecule has 1 saturated heterocycles. The molecule has 4 rings (SSSR count). The van der Waals surface area contributed by atoms with E-state index in [1.165, 1.54) is 5.56 Å². The fourth-order valence-electron chi connectivity index (χ4n) is 3.82. The summed E-state index contributed by atoms with van der Waals surface area (Å²) >= 11 is 3.57. The maximum absolute atomic E-state index is 13.1. The van der Waals surface area contributed by atoms with E-state index >= 15 is 0 Å². The van der Waals surface area contributed by atoms with Gasteiger partial charge in [0.25, 0.3) is 5.91 Å². The van der Waals surface area contributed by atoms with Crippen molar-refractivity contribution in [1.29, 1.82) is 0 Å². The minimum Gasteiger partial charge on any atom is -0.485 e. The molecule has 1 aliphatic rings. The molecule has 2 aromatic carbocycles. The fourth-order valence-corrected chi connectivity index (χ4v) is 4.21. The number of para-hydroxylation sites is 1. The molecular weight excluding hydrogens is 462 g/mol. The van der Waals surface area contributed by atoms with Gasteiger partial charge in [0.1, 0.15) is 5.75 Å². The van der Waals surface area contributed by atoms with Gasteiger partial charge in [0.2, 0.25) is 11.7 Å². The lowest BCUT2D eigenvalue weighted by molar-refractivity contribution is 0.0486. The molecule has 1 amide bonds. The molecular formula is C23H24BrN3O4. The highest BCUT2D eigenvalue weighted by Crippen LogP contribution is 2.35. The first-order valence-corrected chi connectivity index (χ1v) is 11.0. The topological polar surface area (TPSA) is 86.5 Å². The molecule has 8 heteroatoms. The zero-order chi connectivity index (χ0) is 21.7. The standard InChI is InChI=1S/C23H24BrN3O4/c1-16-26-21(27-31-16)14-30-20-8-3-2-7-19(20)22(28)25-15-23(9-11-29-12-10-23)17-5-4-6-18(24)13-17/h2-8,13H,9-12,14-15H2,1H3,(H,25,28). The summed E-state index contributed by atoms with van der Waals surface area (Å²) < 4.78 is 17.4. The van der Waals surface area contributed by atoms with E-state index < -0.39 is 0 Å². The van der Waals surface area contributed by atoms with Gasteiger partial charge in [-0.2, -0.15) is 4.98 Å². The molecule has 0 atom stereocenters. The molecule has 0 radical (unpaired) electrons. The predicted octanol–water partition coefficient (Wildman–Crippen LogP) is 4.20. The number of nitrogens with zero attached hydrogens (tertiary/aromatic N) is 2. The average molecular weight is 486 g/mol. The van der Waals surface area contributed by atoms with Crippen molar-refractivity contribution in [2.75, 3.05) is 19.8 Å². The molecule has 0 unspecified atom stereocenters. The van der Waals surface area contributed by atoms with Gasteiger partial charge in [-0.25, -0.2) is 0 Å². The Morgan fingerprint density at radius 2 is 2.00 bits per heavy atom. The van der Waals surface area contributed by atoms with Crippen LogP contribution >= 0.6 is 15.9 Å². The molecule has 3 aromatic rings. The molecule has 7 nitrogen and oxygen atoms in total. The normalized spacial score (nSPS) is 15.4. The van der Waals surface area contributed by atoms with Gasteiger partial charge in [0.15, 0.2) is 6.61 Å². The molecule has 162 valence electrons. The second-order valence-corrected chi connectivity index (χ2v) is 8.52. The lowest BCUT2D eigenvalue weighted by atomic mass is 9.74. The molecule has 0 saturated carbocycles. The van der Waals surface area contributed by atoms with Crippen molar-refractivity contribution >= 4 is 21.8 Å². The Balaban J connectivity index is 1.48. The Hall–Kier alpha value is -2.71. The van der Waals surface area contributed by atoms with Crippen LogP contribution < -0.4 is 10.1 Å². The lowest BCUT2D eigenvalue weighted by Gasteiger charge is -2.38. The quantitative estimate of drug-likeness (QED) is 0.539. The zero-order valence-electron chi connectivity index (χ0n) is 17.3. The SMILES string of the molecule is Cc1nc(COc2ccccc2C(=O)NCC2(c3cccc(Br)c3)CCOCC2)no1. The van der Waals surface area contributed by atoms with Crippen molar-refractivity contribution in [2.45, 2.75) is 31.8 Å². The molecule has 1 aromatic heterocycles. The van der Waals surface area contributed by atoms with Gasteiger partial charge in [-0.1, -0.05) is 45.4 Å². The van der Waals surface area contributed by atoms with Crippen LogP contribution in [0, 0.1) is 6.92 Å².